The zero-order valence-electron chi connectivity index (χ0n) is 7.08. The molecule has 12 heavy (non-hydrogen) atoms. The van der Waals surface area contributed by atoms with Crippen LogP contribution in [0.15, 0.2) is 17.5 Å². The first-order valence-electron chi connectivity index (χ1n) is 3.86. The second-order valence-corrected chi connectivity index (χ2v) is 3.46. The Bertz CT molecular complexity index is 255. The Balaban J connectivity index is 2.51. The van der Waals surface area contributed by atoms with Crippen molar-refractivity contribution in [2.45, 2.75) is 6.61 Å². The standard InChI is InChI=1S/C9H13NOS/c1-10-4-2-3-8-5-9(6-11)12-7-8/h2-3,5,7,10-11H,4,6H2,1H3. The maximum absolute atomic E-state index is 8.80. The van der Waals surface area contributed by atoms with Gasteiger partial charge in [0.15, 0.2) is 0 Å². The molecule has 0 saturated carbocycles. The van der Waals surface area contributed by atoms with E-state index in [9.17, 15) is 0 Å². The number of thiophene rings is 1. The monoisotopic (exact) mass is 183 g/mol. The second-order valence-electron chi connectivity index (χ2n) is 2.46. The number of likely N-dealkylation sites (N-methyl/N-ethyl adjacent to an activating group) is 1. The molecule has 1 aromatic heterocycles. The molecule has 1 rings (SSSR count). The quantitative estimate of drug-likeness (QED) is 0.741. The van der Waals surface area contributed by atoms with Crippen LogP contribution in [0.4, 0.5) is 0 Å². The molecule has 0 aromatic carbocycles. The van der Waals surface area contributed by atoms with E-state index in [4.69, 9.17) is 5.11 Å². The van der Waals surface area contributed by atoms with Crippen molar-refractivity contribution in [1.29, 1.82) is 0 Å². The van der Waals surface area contributed by atoms with Crippen LogP contribution in [-0.4, -0.2) is 18.7 Å². The van der Waals surface area contributed by atoms with Crippen LogP contribution >= 0.6 is 11.3 Å². The number of hydrogen-bond donors (Lipinski definition) is 2. The summed E-state index contributed by atoms with van der Waals surface area (Å²) < 4.78 is 0. The van der Waals surface area contributed by atoms with Crippen molar-refractivity contribution in [3.8, 4) is 0 Å². The van der Waals surface area contributed by atoms with E-state index >= 15 is 0 Å². The minimum absolute atomic E-state index is 0.143. The Labute approximate surface area is 76.6 Å². The first-order chi connectivity index (χ1) is 5.86. The Morgan fingerprint density at radius 2 is 2.50 bits per heavy atom. The minimum Gasteiger partial charge on any atom is -0.391 e. The molecule has 1 heterocycles. The predicted octanol–water partition coefficient (Wildman–Crippen LogP) is 1.47. The van der Waals surface area contributed by atoms with Gasteiger partial charge < -0.3 is 10.4 Å². The summed E-state index contributed by atoms with van der Waals surface area (Å²) >= 11 is 1.59. The molecule has 0 bridgehead atoms. The van der Waals surface area contributed by atoms with E-state index in [1.807, 2.05) is 24.6 Å². The lowest BCUT2D eigenvalue weighted by molar-refractivity contribution is 0.285. The van der Waals surface area contributed by atoms with Crippen molar-refractivity contribution in [3.05, 3.63) is 28.0 Å². The summed E-state index contributed by atoms with van der Waals surface area (Å²) in [5.74, 6) is 0. The highest BCUT2D eigenvalue weighted by molar-refractivity contribution is 7.10. The summed E-state index contributed by atoms with van der Waals surface area (Å²) in [4.78, 5) is 1.01. The molecule has 0 spiro atoms. The van der Waals surface area contributed by atoms with Gasteiger partial charge in [-0.2, -0.15) is 0 Å². The van der Waals surface area contributed by atoms with Gasteiger partial charge in [0.25, 0.3) is 0 Å². The second kappa shape index (κ2) is 5.09. The molecule has 0 amide bonds. The smallest absolute Gasteiger partial charge is 0.0774 e. The Hall–Kier alpha value is -0.640. The fraction of sp³-hybridized carbons (Fsp3) is 0.333. The van der Waals surface area contributed by atoms with Crippen molar-refractivity contribution in [3.63, 3.8) is 0 Å². The van der Waals surface area contributed by atoms with Crippen molar-refractivity contribution in [2.24, 2.45) is 0 Å². The molecule has 1 aromatic rings. The molecule has 0 unspecified atom stereocenters. The lowest BCUT2D eigenvalue weighted by atomic mass is 10.3. The van der Waals surface area contributed by atoms with E-state index in [1.165, 1.54) is 5.56 Å². The number of nitrogens with one attached hydrogen (secondary N) is 1. The van der Waals surface area contributed by atoms with Gasteiger partial charge in [0.2, 0.25) is 0 Å². The number of aliphatic hydroxyl groups is 1. The van der Waals surface area contributed by atoms with E-state index in [1.54, 1.807) is 11.3 Å². The molecule has 0 atom stereocenters. The zero-order chi connectivity index (χ0) is 8.81. The maximum Gasteiger partial charge on any atom is 0.0774 e. The summed E-state index contributed by atoms with van der Waals surface area (Å²) in [6.07, 6.45) is 4.11. The van der Waals surface area contributed by atoms with Crippen LogP contribution in [0.1, 0.15) is 10.4 Å². The van der Waals surface area contributed by atoms with Gasteiger partial charge >= 0.3 is 0 Å². The largest absolute Gasteiger partial charge is 0.391 e. The van der Waals surface area contributed by atoms with E-state index in [2.05, 4.69) is 11.4 Å². The highest BCUT2D eigenvalue weighted by atomic mass is 32.1. The summed E-state index contributed by atoms with van der Waals surface area (Å²) in [6.45, 7) is 1.02. The van der Waals surface area contributed by atoms with Gasteiger partial charge in [0.1, 0.15) is 0 Å². The Morgan fingerprint density at radius 3 is 3.08 bits per heavy atom. The van der Waals surface area contributed by atoms with Gasteiger partial charge in [-0.15, -0.1) is 11.3 Å². The van der Waals surface area contributed by atoms with Gasteiger partial charge in [-0.25, -0.2) is 0 Å². The van der Waals surface area contributed by atoms with Gasteiger partial charge in [-0.05, 0) is 24.1 Å². The molecular formula is C9H13NOS. The van der Waals surface area contributed by atoms with Crippen LogP contribution in [0.3, 0.4) is 0 Å². The number of hydrogen-bond acceptors (Lipinski definition) is 3. The van der Waals surface area contributed by atoms with E-state index in [0.29, 0.717) is 0 Å². The van der Waals surface area contributed by atoms with Crippen LogP contribution < -0.4 is 5.32 Å². The van der Waals surface area contributed by atoms with Crippen LogP contribution in [0.2, 0.25) is 0 Å². The van der Waals surface area contributed by atoms with Crippen LogP contribution in [0.5, 0.6) is 0 Å². The lowest BCUT2D eigenvalue weighted by Gasteiger charge is -1.86. The van der Waals surface area contributed by atoms with Crippen molar-refractivity contribution in [1.82, 2.24) is 5.32 Å². The third-order valence-electron chi connectivity index (χ3n) is 1.46. The molecule has 0 aliphatic heterocycles. The summed E-state index contributed by atoms with van der Waals surface area (Å²) in [5.41, 5.74) is 1.17. The Kier molecular flexibility index (Phi) is 4.00. The van der Waals surface area contributed by atoms with Gasteiger partial charge in [0, 0.05) is 11.4 Å². The first kappa shape index (κ1) is 9.45. The van der Waals surface area contributed by atoms with E-state index in [-0.39, 0.29) is 6.61 Å². The van der Waals surface area contributed by atoms with Crippen molar-refractivity contribution >= 4 is 17.4 Å². The molecule has 66 valence electrons. The fourth-order valence-corrected chi connectivity index (χ4v) is 1.59. The van der Waals surface area contributed by atoms with Gasteiger partial charge in [0.05, 0.1) is 6.61 Å². The van der Waals surface area contributed by atoms with Crippen LogP contribution in [-0.2, 0) is 6.61 Å². The zero-order valence-corrected chi connectivity index (χ0v) is 7.90. The lowest BCUT2D eigenvalue weighted by Crippen LogP contribution is -2.03. The van der Waals surface area contributed by atoms with Gasteiger partial charge in [-0.1, -0.05) is 12.2 Å². The van der Waals surface area contributed by atoms with Gasteiger partial charge in [-0.3, -0.25) is 0 Å². The van der Waals surface area contributed by atoms with Crippen LogP contribution in [0.25, 0.3) is 6.08 Å². The average Bonchev–Trinajstić information content (AvgIpc) is 2.53. The third kappa shape index (κ3) is 2.77. The number of aliphatic hydroxyl groups excluding tert-OH is 1. The fourth-order valence-electron chi connectivity index (χ4n) is 0.881. The molecule has 0 aliphatic rings. The normalized spacial score (nSPS) is 11.2. The van der Waals surface area contributed by atoms with E-state index < -0.39 is 0 Å². The molecule has 2 nitrogen and oxygen atoms in total. The molecular weight excluding hydrogens is 170 g/mol. The SMILES string of the molecule is CNCC=Cc1csc(CO)c1. The molecule has 0 radical (unpaired) electrons. The molecule has 0 saturated heterocycles. The van der Waals surface area contributed by atoms with Crippen molar-refractivity contribution < 1.29 is 5.11 Å². The minimum atomic E-state index is 0.143. The topological polar surface area (TPSA) is 32.3 Å². The van der Waals surface area contributed by atoms with E-state index in [0.717, 1.165) is 11.4 Å². The molecule has 3 heteroatoms. The third-order valence-corrected chi connectivity index (χ3v) is 2.40. The maximum atomic E-state index is 8.80. The summed E-state index contributed by atoms with van der Waals surface area (Å²) in [5, 5.41) is 13.9. The van der Waals surface area contributed by atoms with Crippen LogP contribution in [0, 0.1) is 0 Å². The first-order valence-corrected chi connectivity index (χ1v) is 4.74. The highest BCUT2D eigenvalue weighted by Gasteiger charge is 1.93. The molecule has 2 N–H and O–H groups in total. The van der Waals surface area contributed by atoms with Crippen molar-refractivity contribution in [2.75, 3.05) is 13.6 Å². The summed E-state index contributed by atoms with van der Waals surface area (Å²) in [7, 11) is 1.91. The Morgan fingerprint density at radius 1 is 1.67 bits per heavy atom. The summed E-state index contributed by atoms with van der Waals surface area (Å²) in [6, 6.07) is 2.00. The molecule has 0 aliphatic carbocycles. The number of rotatable bonds is 4. The molecule has 0 fully saturated rings. The highest BCUT2D eigenvalue weighted by Crippen LogP contribution is 2.15. The predicted molar refractivity (Wildman–Crippen MR) is 53.2 cm³/mol. The average molecular weight is 183 g/mol.